The molecule has 0 radical (unpaired) electrons. The van der Waals surface area contributed by atoms with E-state index in [1.807, 2.05) is 0 Å². The molecular weight excluding hydrogens is 274 g/mol. The molecule has 0 atom stereocenters. The molecule has 122 valence electrons. The van der Waals surface area contributed by atoms with Crippen LogP contribution in [0.25, 0.3) is 0 Å². The molecule has 0 aromatic rings. The number of carboxylic acid groups (broad SMARTS) is 1. The number of aliphatic carboxylic acids is 1. The molecule has 0 unspecified atom stereocenters. The zero-order valence-electron chi connectivity index (χ0n) is 13.0. The van der Waals surface area contributed by atoms with Gasteiger partial charge in [-0.15, -0.1) is 0 Å². The molecule has 1 aliphatic rings. The lowest BCUT2D eigenvalue weighted by Crippen LogP contribution is -2.51. The summed E-state index contributed by atoms with van der Waals surface area (Å²) in [6.07, 6.45) is 2.97. The van der Waals surface area contributed by atoms with Crippen molar-refractivity contribution >= 4 is 12.0 Å². The number of hydrogen-bond donors (Lipinski definition) is 2. The summed E-state index contributed by atoms with van der Waals surface area (Å²) in [7, 11) is 1.53. The zero-order valence-corrected chi connectivity index (χ0v) is 13.0. The first-order valence-electron chi connectivity index (χ1n) is 7.55. The van der Waals surface area contributed by atoms with Crippen LogP contribution in [0.2, 0.25) is 0 Å². The average molecular weight is 301 g/mol. The Morgan fingerprint density at radius 3 is 2.57 bits per heavy atom. The summed E-state index contributed by atoms with van der Waals surface area (Å²) >= 11 is 0. The minimum atomic E-state index is -1.01. The standard InChI is InChI=1S/C14H27N3O4/c1-3-6-16-7-4-12(5-8-16)15-14(20)17(9-10-21-2)11-13(18)19/h12H,3-11H2,1-2H3,(H,15,20)(H,18,19). The third-order valence-corrected chi connectivity index (χ3v) is 3.63. The van der Waals surface area contributed by atoms with E-state index in [2.05, 4.69) is 17.1 Å². The molecular formula is C14H27N3O4. The first kappa shape index (κ1) is 17.7. The van der Waals surface area contributed by atoms with Gasteiger partial charge >= 0.3 is 12.0 Å². The molecule has 1 fully saturated rings. The number of piperidine rings is 1. The minimum absolute atomic E-state index is 0.129. The van der Waals surface area contributed by atoms with Crippen molar-refractivity contribution in [3.05, 3.63) is 0 Å². The fourth-order valence-electron chi connectivity index (χ4n) is 2.50. The van der Waals surface area contributed by atoms with E-state index in [1.54, 1.807) is 0 Å². The van der Waals surface area contributed by atoms with Crippen LogP contribution in [0, 0.1) is 0 Å². The van der Waals surface area contributed by atoms with Crippen LogP contribution in [0.1, 0.15) is 26.2 Å². The van der Waals surface area contributed by atoms with Gasteiger partial charge in [0.15, 0.2) is 0 Å². The molecule has 0 aromatic carbocycles. The highest BCUT2D eigenvalue weighted by Crippen LogP contribution is 2.11. The van der Waals surface area contributed by atoms with Crippen molar-refractivity contribution in [3.63, 3.8) is 0 Å². The largest absolute Gasteiger partial charge is 0.480 e. The van der Waals surface area contributed by atoms with Crippen molar-refractivity contribution in [1.29, 1.82) is 0 Å². The number of carboxylic acids is 1. The summed E-state index contributed by atoms with van der Waals surface area (Å²) in [6.45, 7) is 5.53. The van der Waals surface area contributed by atoms with Gasteiger partial charge in [0, 0.05) is 32.8 Å². The summed E-state index contributed by atoms with van der Waals surface area (Å²) in [6, 6.07) is -0.187. The van der Waals surface area contributed by atoms with E-state index in [9.17, 15) is 9.59 Å². The number of hydrogen-bond acceptors (Lipinski definition) is 4. The number of nitrogens with zero attached hydrogens (tertiary/aromatic N) is 2. The number of ether oxygens (including phenoxy) is 1. The Bertz CT molecular complexity index is 330. The summed E-state index contributed by atoms with van der Waals surface area (Å²) in [5.41, 5.74) is 0. The highest BCUT2D eigenvalue weighted by atomic mass is 16.5. The van der Waals surface area contributed by atoms with Crippen LogP contribution in [-0.4, -0.2) is 79.4 Å². The number of likely N-dealkylation sites (tertiary alicyclic amines) is 1. The van der Waals surface area contributed by atoms with E-state index >= 15 is 0 Å². The van der Waals surface area contributed by atoms with Crippen LogP contribution < -0.4 is 5.32 Å². The predicted molar refractivity (Wildman–Crippen MR) is 79.4 cm³/mol. The van der Waals surface area contributed by atoms with Gasteiger partial charge in [-0.3, -0.25) is 4.79 Å². The van der Waals surface area contributed by atoms with Gasteiger partial charge in [-0.1, -0.05) is 6.92 Å². The van der Waals surface area contributed by atoms with Crippen molar-refractivity contribution < 1.29 is 19.4 Å². The van der Waals surface area contributed by atoms with Crippen LogP contribution in [-0.2, 0) is 9.53 Å². The van der Waals surface area contributed by atoms with Crippen molar-refractivity contribution in [2.24, 2.45) is 0 Å². The van der Waals surface area contributed by atoms with E-state index in [4.69, 9.17) is 9.84 Å². The molecule has 1 rings (SSSR count). The van der Waals surface area contributed by atoms with Gasteiger partial charge < -0.3 is 25.0 Å². The molecule has 0 spiro atoms. The number of rotatable bonds is 8. The maximum atomic E-state index is 12.1. The molecule has 0 bridgehead atoms. The summed E-state index contributed by atoms with van der Waals surface area (Å²) in [5.74, 6) is -1.01. The highest BCUT2D eigenvalue weighted by molar-refractivity contribution is 5.80. The monoisotopic (exact) mass is 301 g/mol. The second-order valence-electron chi connectivity index (χ2n) is 5.37. The van der Waals surface area contributed by atoms with Gasteiger partial charge in [-0.25, -0.2) is 4.79 Å². The molecule has 0 aliphatic carbocycles. The Hall–Kier alpha value is -1.34. The van der Waals surface area contributed by atoms with Crippen molar-refractivity contribution in [2.75, 3.05) is 46.4 Å². The summed E-state index contributed by atoms with van der Waals surface area (Å²) in [5, 5.41) is 11.8. The Morgan fingerprint density at radius 1 is 1.38 bits per heavy atom. The van der Waals surface area contributed by atoms with Gasteiger partial charge in [-0.05, 0) is 25.8 Å². The van der Waals surface area contributed by atoms with E-state index in [1.165, 1.54) is 12.0 Å². The predicted octanol–water partition coefficient (Wildman–Crippen LogP) is 0.603. The molecule has 2 amide bonds. The summed E-state index contributed by atoms with van der Waals surface area (Å²) < 4.78 is 4.91. The number of nitrogens with one attached hydrogen (secondary N) is 1. The highest BCUT2D eigenvalue weighted by Gasteiger charge is 2.23. The fourth-order valence-corrected chi connectivity index (χ4v) is 2.50. The number of carbonyl (C=O) groups is 2. The number of amides is 2. The third-order valence-electron chi connectivity index (χ3n) is 3.63. The SMILES string of the molecule is CCCN1CCC(NC(=O)N(CCOC)CC(=O)O)CC1. The fraction of sp³-hybridized carbons (Fsp3) is 0.857. The average Bonchev–Trinajstić information content (AvgIpc) is 2.45. The van der Waals surface area contributed by atoms with Crippen molar-refractivity contribution in [3.8, 4) is 0 Å². The Kier molecular flexibility index (Phi) is 8.07. The van der Waals surface area contributed by atoms with E-state index in [0.717, 1.165) is 38.9 Å². The first-order valence-corrected chi connectivity index (χ1v) is 7.55. The number of carbonyl (C=O) groups excluding carboxylic acids is 1. The molecule has 1 aliphatic heterocycles. The lowest BCUT2D eigenvalue weighted by atomic mass is 10.1. The zero-order chi connectivity index (χ0) is 15.7. The Labute approximate surface area is 126 Å². The molecule has 2 N–H and O–H groups in total. The molecule has 7 nitrogen and oxygen atoms in total. The topological polar surface area (TPSA) is 82.1 Å². The summed E-state index contributed by atoms with van der Waals surface area (Å²) in [4.78, 5) is 26.6. The lowest BCUT2D eigenvalue weighted by molar-refractivity contribution is -0.137. The van der Waals surface area contributed by atoms with Crippen LogP contribution in [0.4, 0.5) is 4.79 Å². The van der Waals surface area contributed by atoms with Crippen molar-refractivity contribution in [1.82, 2.24) is 15.1 Å². The molecule has 21 heavy (non-hydrogen) atoms. The second kappa shape index (κ2) is 9.57. The maximum absolute atomic E-state index is 12.1. The van der Waals surface area contributed by atoms with Gasteiger partial charge in [0.1, 0.15) is 6.54 Å². The van der Waals surface area contributed by atoms with Crippen LogP contribution >= 0.6 is 0 Å². The molecule has 0 saturated carbocycles. The number of methoxy groups -OCH3 is 1. The van der Waals surface area contributed by atoms with Crippen LogP contribution in [0.5, 0.6) is 0 Å². The quantitative estimate of drug-likeness (QED) is 0.686. The Morgan fingerprint density at radius 2 is 2.05 bits per heavy atom. The van der Waals surface area contributed by atoms with E-state index in [0.29, 0.717) is 6.61 Å². The molecule has 1 heterocycles. The third kappa shape index (κ3) is 6.77. The van der Waals surface area contributed by atoms with Gasteiger partial charge in [-0.2, -0.15) is 0 Å². The normalized spacial score (nSPS) is 16.7. The molecule has 7 heteroatoms. The Balaban J connectivity index is 2.40. The van der Waals surface area contributed by atoms with E-state index in [-0.39, 0.29) is 25.2 Å². The van der Waals surface area contributed by atoms with Crippen LogP contribution in [0.15, 0.2) is 0 Å². The van der Waals surface area contributed by atoms with Gasteiger partial charge in [0.2, 0.25) is 0 Å². The molecule has 1 saturated heterocycles. The van der Waals surface area contributed by atoms with Crippen LogP contribution in [0.3, 0.4) is 0 Å². The molecule has 0 aromatic heterocycles. The van der Waals surface area contributed by atoms with Gasteiger partial charge in [0.05, 0.1) is 6.61 Å². The van der Waals surface area contributed by atoms with Gasteiger partial charge in [0.25, 0.3) is 0 Å². The minimum Gasteiger partial charge on any atom is -0.480 e. The number of urea groups is 1. The van der Waals surface area contributed by atoms with Crippen molar-refractivity contribution in [2.45, 2.75) is 32.2 Å². The lowest BCUT2D eigenvalue weighted by Gasteiger charge is -2.33. The maximum Gasteiger partial charge on any atom is 0.323 e. The first-order chi connectivity index (χ1) is 10.1. The smallest absolute Gasteiger partial charge is 0.323 e. The van der Waals surface area contributed by atoms with E-state index < -0.39 is 5.97 Å². The second-order valence-corrected chi connectivity index (χ2v) is 5.37.